The highest BCUT2D eigenvalue weighted by Gasteiger charge is 2.46. The summed E-state index contributed by atoms with van der Waals surface area (Å²) < 4.78 is 0. The predicted molar refractivity (Wildman–Crippen MR) is 91.6 cm³/mol. The van der Waals surface area contributed by atoms with Gasteiger partial charge in [-0.05, 0) is 71.5 Å². The second kappa shape index (κ2) is 6.97. The SMILES string of the molecule is CCN(C(C)CN(C)C)C1(CN)CCC2(CCCC2)CC1. The highest BCUT2D eigenvalue weighted by Crippen LogP contribution is 2.52. The van der Waals surface area contributed by atoms with Gasteiger partial charge in [0.05, 0.1) is 0 Å². The van der Waals surface area contributed by atoms with Crippen LogP contribution in [0.25, 0.3) is 0 Å². The Morgan fingerprint density at radius 2 is 1.57 bits per heavy atom. The Morgan fingerprint density at radius 1 is 1.00 bits per heavy atom. The van der Waals surface area contributed by atoms with E-state index in [1.54, 1.807) is 0 Å². The van der Waals surface area contributed by atoms with Crippen LogP contribution in [0.4, 0.5) is 0 Å². The van der Waals surface area contributed by atoms with Crippen molar-refractivity contribution in [3.8, 4) is 0 Å². The van der Waals surface area contributed by atoms with Crippen molar-refractivity contribution in [3.05, 3.63) is 0 Å². The molecule has 0 saturated heterocycles. The monoisotopic (exact) mass is 295 g/mol. The van der Waals surface area contributed by atoms with Gasteiger partial charge in [-0.1, -0.05) is 19.8 Å². The van der Waals surface area contributed by atoms with Gasteiger partial charge >= 0.3 is 0 Å². The summed E-state index contributed by atoms with van der Waals surface area (Å²) in [5, 5.41) is 0. The van der Waals surface area contributed by atoms with Crippen LogP contribution in [0.2, 0.25) is 0 Å². The second-order valence-electron chi connectivity index (χ2n) is 8.03. The Hall–Kier alpha value is -0.120. The molecule has 2 fully saturated rings. The number of likely N-dealkylation sites (N-methyl/N-ethyl adjacent to an activating group) is 2. The lowest BCUT2D eigenvalue weighted by Crippen LogP contribution is -2.60. The number of hydrogen-bond acceptors (Lipinski definition) is 3. The number of nitrogens with two attached hydrogens (primary N) is 1. The van der Waals surface area contributed by atoms with Crippen molar-refractivity contribution in [3.63, 3.8) is 0 Å². The van der Waals surface area contributed by atoms with Gasteiger partial charge in [0, 0.05) is 24.7 Å². The minimum absolute atomic E-state index is 0.262. The first-order valence-electron chi connectivity index (χ1n) is 9.08. The number of rotatable bonds is 6. The summed E-state index contributed by atoms with van der Waals surface area (Å²) in [6, 6.07) is 0.589. The molecule has 0 amide bonds. The zero-order valence-corrected chi connectivity index (χ0v) is 14.8. The predicted octanol–water partition coefficient (Wildman–Crippen LogP) is 3.09. The maximum atomic E-state index is 6.32. The summed E-state index contributed by atoms with van der Waals surface area (Å²) in [5.41, 5.74) is 7.27. The molecule has 0 aromatic heterocycles. The molecule has 21 heavy (non-hydrogen) atoms. The van der Waals surface area contributed by atoms with Crippen LogP contribution in [0.3, 0.4) is 0 Å². The van der Waals surface area contributed by atoms with E-state index in [1.165, 1.54) is 51.4 Å². The lowest BCUT2D eigenvalue weighted by atomic mass is 9.65. The molecule has 0 aromatic rings. The van der Waals surface area contributed by atoms with E-state index in [0.29, 0.717) is 11.5 Å². The maximum Gasteiger partial charge on any atom is 0.0335 e. The molecule has 3 nitrogen and oxygen atoms in total. The molecule has 0 bridgehead atoms. The summed E-state index contributed by atoms with van der Waals surface area (Å²) in [6.07, 6.45) is 11.3. The van der Waals surface area contributed by atoms with Gasteiger partial charge in [-0.25, -0.2) is 0 Å². The quantitative estimate of drug-likeness (QED) is 0.817. The zero-order chi connectivity index (χ0) is 15.5. The molecular formula is C18H37N3. The van der Waals surface area contributed by atoms with Crippen LogP contribution in [-0.2, 0) is 0 Å². The van der Waals surface area contributed by atoms with Crippen molar-refractivity contribution in [1.29, 1.82) is 0 Å². The van der Waals surface area contributed by atoms with E-state index in [9.17, 15) is 0 Å². The van der Waals surface area contributed by atoms with Crippen molar-refractivity contribution in [2.75, 3.05) is 33.7 Å². The van der Waals surface area contributed by atoms with Gasteiger partial charge in [-0.2, -0.15) is 0 Å². The van der Waals surface area contributed by atoms with Crippen molar-refractivity contribution in [1.82, 2.24) is 9.80 Å². The van der Waals surface area contributed by atoms with Gasteiger partial charge in [0.2, 0.25) is 0 Å². The highest BCUT2D eigenvalue weighted by molar-refractivity contribution is 5.02. The zero-order valence-electron chi connectivity index (χ0n) is 14.8. The summed E-state index contributed by atoms with van der Waals surface area (Å²) in [6.45, 7) is 7.76. The third kappa shape index (κ3) is 3.62. The molecule has 0 heterocycles. The minimum atomic E-state index is 0.262. The van der Waals surface area contributed by atoms with E-state index in [-0.39, 0.29) is 5.54 Å². The van der Waals surface area contributed by atoms with Crippen LogP contribution < -0.4 is 5.73 Å². The molecule has 2 rings (SSSR count). The van der Waals surface area contributed by atoms with Crippen LogP contribution >= 0.6 is 0 Å². The van der Waals surface area contributed by atoms with Crippen molar-refractivity contribution in [2.24, 2.45) is 11.1 Å². The van der Waals surface area contributed by atoms with Crippen molar-refractivity contribution >= 4 is 0 Å². The Kier molecular flexibility index (Phi) is 5.72. The molecule has 2 N–H and O–H groups in total. The van der Waals surface area contributed by atoms with E-state index < -0.39 is 0 Å². The molecule has 0 aromatic carbocycles. The Bertz CT molecular complexity index is 310. The Labute approximate surface area is 132 Å². The topological polar surface area (TPSA) is 32.5 Å². The van der Waals surface area contributed by atoms with E-state index in [2.05, 4.69) is 37.7 Å². The minimum Gasteiger partial charge on any atom is -0.329 e. The third-order valence-electron chi connectivity index (χ3n) is 6.40. The largest absolute Gasteiger partial charge is 0.329 e. The first-order chi connectivity index (χ1) is 9.97. The maximum absolute atomic E-state index is 6.32. The van der Waals surface area contributed by atoms with E-state index in [0.717, 1.165) is 19.6 Å². The molecule has 2 saturated carbocycles. The fraction of sp³-hybridized carbons (Fsp3) is 1.00. The van der Waals surface area contributed by atoms with Crippen molar-refractivity contribution in [2.45, 2.75) is 76.8 Å². The van der Waals surface area contributed by atoms with E-state index in [1.807, 2.05) is 0 Å². The van der Waals surface area contributed by atoms with Gasteiger partial charge in [0.15, 0.2) is 0 Å². The van der Waals surface area contributed by atoms with Gasteiger partial charge < -0.3 is 10.6 Å². The van der Waals surface area contributed by atoms with Gasteiger partial charge in [0.25, 0.3) is 0 Å². The first kappa shape index (κ1) is 17.2. The second-order valence-corrected chi connectivity index (χ2v) is 8.03. The highest BCUT2D eigenvalue weighted by atomic mass is 15.3. The standard InChI is InChI=1S/C18H37N3/c1-5-21(16(2)14-20(3)4)18(15-19)12-10-17(11-13-18)8-6-7-9-17/h16H,5-15,19H2,1-4H3. The first-order valence-corrected chi connectivity index (χ1v) is 9.08. The Balaban J connectivity index is 2.06. The van der Waals surface area contributed by atoms with E-state index >= 15 is 0 Å². The lowest BCUT2D eigenvalue weighted by molar-refractivity contribution is -0.0116. The molecular weight excluding hydrogens is 258 g/mol. The fourth-order valence-corrected chi connectivity index (χ4v) is 5.22. The summed E-state index contributed by atoms with van der Waals surface area (Å²) in [5.74, 6) is 0. The molecule has 3 heteroatoms. The average molecular weight is 296 g/mol. The number of nitrogens with zero attached hydrogens (tertiary/aromatic N) is 2. The molecule has 1 spiro atoms. The molecule has 2 aliphatic carbocycles. The van der Waals surface area contributed by atoms with Crippen LogP contribution in [0.1, 0.15) is 65.2 Å². The smallest absolute Gasteiger partial charge is 0.0335 e. The average Bonchev–Trinajstić information content (AvgIpc) is 2.90. The molecule has 0 aliphatic heterocycles. The van der Waals surface area contributed by atoms with Crippen LogP contribution in [0, 0.1) is 5.41 Å². The molecule has 1 unspecified atom stereocenters. The van der Waals surface area contributed by atoms with E-state index in [4.69, 9.17) is 5.73 Å². The molecule has 1 atom stereocenters. The van der Waals surface area contributed by atoms with Crippen LogP contribution in [0.5, 0.6) is 0 Å². The normalized spacial score (nSPS) is 25.9. The number of hydrogen-bond donors (Lipinski definition) is 1. The van der Waals surface area contributed by atoms with Gasteiger partial charge in [0.1, 0.15) is 0 Å². The summed E-state index contributed by atoms with van der Waals surface area (Å²) >= 11 is 0. The van der Waals surface area contributed by atoms with Crippen LogP contribution in [-0.4, -0.2) is 55.1 Å². The molecule has 2 aliphatic rings. The van der Waals surface area contributed by atoms with Crippen LogP contribution in [0.15, 0.2) is 0 Å². The summed E-state index contributed by atoms with van der Waals surface area (Å²) in [7, 11) is 4.35. The lowest BCUT2D eigenvalue weighted by Gasteiger charge is -2.52. The summed E-state index contributed by atoms with van der Waals surface area (Å²) in [4.78, 5) is 5.02. The fourth-order valence-electron chi connectivity index (χ4n) is 5.22. The Morgan fingerprint density at radius 3 is 2.00 bits per heavy atom. The van der Waals surface area contributed by atoms with Gasteiger partial charge in [-0.3, -0.25) is 4.90 Å². The molecule has 124 valence electrons. The third-order valence-corrected chi connectivity index (χ3v) is 6.40. The van der Waals surface area contributed by atoms with Crippen molar-refractivity contribution < 1.29 is 0 Å². The van der Waals surface area contributed by atoms with Gasteiger partial charge in [-0.15, -0.1) is 0 Å². The molecule has 0 radical (unpaired) electrons.